The number of ether oxygens (including phenoxy) is 1. The van der Waals surface area contributed by atoms with E-state index < -0.39 is 0 Å². The number of para-hydroxylation sites is 2. The molecule has 0 N–H and O–H groups in total. The molecule has 6 heteroatoms. The van der Waals surface area contributed by atoms with Crippen molar-refractivity contribution in [3.8, 4) is 28.3 Å². The van der Waals surface area contributed by atoms with E-state index in [1.807, 2.05) is 30.6 Å². The van der Waals surface area contributed by atoms with Gasteiger partial charge in [-0.05, 0) is 108 Å². The predicted molar refractivity (Wildman–Crippen MR) is 210 cm³/mol. The van der Waals surface area contributed by atoms with Gasteiger partial charge in [-0.2, -0.15) is 0 Å². The molecule has 0 radical (unpaired) electrons. The molecule has 244 valence electrons. The van der Waals surface area contributed by atoms with Crippen LogP contribution >= 0.6 is 0 Å². The summed E-state index contributed by atoms with van der Waals surface area (Å²) in [6.07, 6.45) is 7.72. The van der Waals surface area contributed by atoms with E-state index in [4.69, 9.17) is 14.1 Å². The molecule has 0 saturated heterocycles. The number of dihydropyridines is 1. The smallest absolute Gasteiger partial charge is 0.153 e. The SMILES string of the molecule is C1=CC2Oc3ccc(-n4c5ccccc5c5cc(-c6ccc7c(c6)c6ccccc6n7-c6ccc7oc8cccnc8c7c6)ccc54)cc3C2N=C1. The van der Waals surface area contributed by atoms with E-state index in [9.17, 15) is 0 Å². The number of rotatable bonds is 3. The Labute approximate surface area is 297 Å². The summed E-state index contributed by atoms with van der Waals surface area (Å²) >= 11 is 0. The molecule has 52 heavy (non-hydrogen) atoms. The van der Waals surface area contributed by atoms with Gasteiger partial charge in [0.2, 0.25) is 0 Å². The molecule has 0 aliphatic carbocycles. The Morgan fingerprint density at radius 2 is 1.21 bits per heavy atom. The van der Waals surface area contributed by atoms with Gasteiger partial charge in [-0.25, -0.2) is 0 Å². The monoisotopic (exact) mass is 668 g/mol. The first-order chi connectivity index (χ1) is 25.8. The lowest BCUT2D eigenvalue weighted by molar-refractivity contribution is 0.257. The molecule has 6 heterocycles. The average Bonchev–Trinajstić information content (AvgIpc) is 3.94. The molecule has 2 unspecified atom stereocenters. The fourth-order valence-electron chi connectivity index (χ4n) is 8.60. The minimum atomic E-state index is -0.0416. The molecule has 0 amide bonds. The molecular formula is C46H28N4O2. The first kappa shape index (κ1) is 27.9. The maximum atomic E-state index is 6.22. The second kappa shape index (κ2) is 10.3. The zero-order chi connectivity index (χ0) is 33.9. The van der Waals surface area contributed by atoms with Crippen molar-refractivity contribution in [2.75, 3.05) is 0 Å². The molecule has 4 aromatic heterocycles. The normalized spacial score (nSPS) is 16.5. The lowest BCUT2D eigenvalue weighted by Gasteiger charge is -2.14. The number of furan rings is 1. The Bertz CT molecular complexity index is 3190. The third-order valence-corrected chi connectivity index (χ3v) is 10.9. The highest BCUT2D eigenvalue weighted by Gasteiger charge is 2.33. The van der Waals surface area contributed by atoms with Gasteiger partial charge in [-0.15, -0.1) is 0 Å². The van der Waals surface area contributed by atoms with Gasteiger partial charge in [-0.3, -0.25) is 9.98 Å². The van der Waals surface area contributed by atoms with Gasteiger partial charge >= 0.3 is 0 Å². The van der Waals surface area contributed by atoms with E-state index in [1.54, 1.807) is 0 Å². The van der Waals surface area contributed by atoms with Crippen molar-refractivity contribution >= 4 is 71.9 Å². The Balaban J connectivity index is 1.01. The van der Waals surface area contributed by atoms with Gasteiger partial charge in [0.05, 0.1) is 22.1 Å². The number of pyridine rings is 1. The zero-order valence-corrected chi connectivity index (χ0v) is 27.8. The maximum absolute atomic E-state index is 6.22. The Morgan fingerprint density at radius 1 is 0.538 bits per heavy atom. The van der Waals surface area contributed by atoms with Crippen LogP contribution in [0.4, 0.5) is 0 Å². The largest absolute Gasteiger partial charge is 0.483 e. The van der Waals surface area contributed by atoms with Crippen LogP contribution in [0.15, 0.2) is 161 Å². The van der Waals surface area contributed by atoms with Crippen LogP contribution in [0.2, 0.25) is 0 Å². The summed E-state index contributed by atoms with van der Waals surface area (Å²) in [7, 11) is 0. The Kier molecular flexibility index (Phi) is 5.52. The molecule has 0 saturated carbocycles. The van der Waals surface area contributed by atoms with Crippen LogP contribution in [0, 0.1) is 0 Å². The Morgan fingerprint density at radius 3 is 1.96 bits per heavy atom. The van der Waals surface area contributed by atoms with Gasteiger partial charge in [-0.1, -0.05) is 48.5 Å². The number of allylic oxidation sites excluding steroid dienone is 1. The van der Waals surface area contributed by atoms with Crippen LogP contribution in [-0.2, 0) is 0 Å². The Hall–Kier alpha value is -6.92. The van der Waals surface area contributed by atoms with Crippen LogP contribution in [-0.4, -0.2) is 26.4 Å². The van der Waals surface area contributed by atoms with Crippen molar-refractivity contribution < 1.29 is 9.15 Å². The summed E-state index contributed by atoms with van der Waals surface area (Å²) in [4.78, 5) is 9.38. The summed E-state index contributed by atoms with van der Waals surface area (Å²) in [6, 6.07) is 47.9. The number of aromatic nitrogens is 3. The van der Waals surface area contributed by atoms with E-state index in [0.717, 1.165) is 55.8 Å². The molecule has 2 aliphatic heterocycles. The fourth-order valence-corrected chi connectivity index (χ4v) is 8.60. The van der Waals surface area contributed by atoms with Crippen molar-refractivity contribution in [3.05, 3.63) is 157 Å². The van der Waals surface area contributed by atoms with E-state index in [2.05, 4.69) is 142 Å². The first-order valence-corrected chi connectivity index (χ1v) is 17.6. The molecule has 12 rings (SSSR count). The summed E-state index contributed by atoms with van der Waals surface area (Å²) in [6.45, 7) is 0. The quantitative estimate of drug-likeness (QED) is 0.188. The average molecular weight is 669 g/mol. The molecular weight excluding hydrogens is 641 g/mol. The number of benzene rings is 6. The summed E-state index contributed by atoms with van der Waals surface area (Å²) < 4.78 is 17.0. The van der Waals surface area contributed by atoms with Crippen molar-refractivity contribution in [2.24, 2.45) is 4.99 Å². The van der Waals surface area contributed by atoms with Crippen molar-refractivity contribution in [1.82, 2.24) is 14.1 Å². The third kappa shape index (κ3) is 3.83. The number of fused-ring (bicyclic) bond motifs is 12. The van der Waals surface area contributed by atoms with Crippen molar-refractivity contribution in [1.29, 1.82) is 0 Å². The topological polar surface area (TPSA) is 57.5 Å². The molecule has 6 aromatic carbocycles. The highest BCUT2D eigenvalue weighted by Crippen LogP contribution is 2.44. The van der Waals surface area contributed by atoms with Crippen LogP contribution < -0.4 is 4.74 Å². The predicted octanol–water partition coefficient (Wildman–Crippen LogP) is 11.3. The number of hydrogen-bond acceptors (Lipinski definition) is 4. The van der Waals surface area contributed by atoms with Crippen molar-refractivity contribution in [3.63, 3.8) is 0 Å². The van der Waals surface area contributed by atoms with E-state index in [-0.39, 0.29) is 12.1 Å². The van der Waals surface area contributed by atoms with E-state index in [1.165, 1.54) is 43.7 Å². The lowest BCUT2D eigenvalue weighted by Crippen LogP contribution is -2.16. The van der Waals surface area contributed by atoms with Gasteiger partial charge in [0.15, 0.2) is 5.58 Å². The van der Waals surface area contributed by atoms with E-state index in [0.29, 0.717) is 0 Å². The molecule has 10 aromatic rings. The van der Waals surface area contributed by atoms with Gasteiger partial charge in [0.1, 0.15) is 29.0 Å². The first-order valence-electron chi connectivity index (χ1n) is 17.6. The van der Waals surface area contributed by atoms with Gasteiger partial charge in [0.25, 0.3) is 0 Å². The van der Waals surface area contributed by atoms with Gasteiger partial charge < -0.3 is 18.3 Å². The molecule has 0 spiro atoms. The number of aliphatic imine (C=N–C) groups is 1. The molecule has 0 fully saturated rings. The minimum absolute atomic E-state index is 0.00838. The highest BCUT2D eigenvalue weighted by atomic mass is 16.5. The third-order valence-electron chi connectivity index (χ3n) is 10.9. The lowest BCUT2D eigenvalue weighted by atomic mass is 10.0. The molecule has 2 atom stereocenters. The standard InChI is InChI=1S/C46H28N4O2/c1-3-9-37-31(7-1)33-23-27(13-17-39(33)49(37)29-15-19-41-35(25-29)45-43(51-41)11-5-21-47-45)28-14-18-40-34(24-28)32-8-2-4-10-38(32)50(40)30-16-20-42-36(26-30)46-44(52-42)12-6-22-48-46/h1-26,43,45H. The molecule has 0 bridgehead atoms. The summed E-state index contributed by atoms with van der Waals surface area (Å²) in [5.41, 5.74) is 12.9. The van der Waals surface area contributed by atoms with Crippen molar-refractivity contribution in [2.45, 2.75) is 12.1 Å². The highest BCUT2D eigenvalue weighted by molar-refractivity contribution is 6.13. The van der Waals surface area contributed by atoms with Gasteiger partial charge in [0, 0.05) is 56.3 Å². The summed E-state index contributed by atoms with van der Waals surface area (Å²) in [5, 5.41) is 5.89. The number of hydrogen-bond donors (Lipinski definition) is 0. The second-order valence-electron chi connectivity index (χ2n) is 13.7. The minimum Gasteiger partial charge on any atom is -0.483 e. The maximum Gasteiger partial charge on any atom is 0.153 e. The van der Waals surface area contributed by atoms with Crippen LogP contribution in [0.1, 0.15) is 11.6 Å². The number of nitrogens with zero attached hydrogens (tertiary/aromatic N) is 4. The van der Waals surface area contributed by atoms with Crippen LogP contribution in [0.5, 0.6) is 5.75 Å². The zero-order valence-electron chi connectivity index (χ0n) is 27.8. The van der Waals surface area contributed by atoms with Crippen LogP contribution in [0.25, 0.3) is 88.2 Å². The summed E-state index contributed by atoms with van der Waals surface area (Å²) in [5.74, 6) is 0.912. The van der Waals surface area contributed by atoms with Crippen LogP contribution in [0.3, 0.4) is 0 Å². The fraction of sp³-hybridized carbons (Fsp3) is 0.0435. The second-order valence-corrected chi connectivity index (χ2v) is 13.7. The molecule has 2 aliphatic rings. The molecule has 6 nitrogen and oxygen atoms in total. The van der Waals surface area contributed by atoms with E-state index >= 15 is 0 Å².